The number of carbonyl (C=O) groups is 3. The third-order valence-electron chi connectivity index (χ3n) is 4.01. The van der Waals surface area contributed by atoms with E-state index in [0.29, 0.717) is 10.2 Å². The molecule has 0 bridgehead atoms. The molecule has 9 heteroatoms. The van der Waals surface area contributed by atoms with E-state index in [2.05, 4.69) is 26.6 Å². The van der Waals surface area contributed by atoms with Crippen molar-refractivity contribution in [1.29, 1.82) is 0 Å². The summed E-state index contributed by atoms with van der Waals surface area (Å²) >= 11 is 3.12. The molecule has 1 heterocycles. The van der Waals surface area contributed by atoms with Gasteiger partial charge in [-0.2, -0.15) is 0 Å². The zero-order chi connectivity index (χ0) is 21.7. The molecule has 0 aliphatic carbocycles. The molecule has 3 rings (SSSR count). The molecule has 154 valence electrons. The number of anilines is 2. The third-order valence-corrected chi connectivity index (χ3v) is 4.50. The Morgan fingerprint density at radius 3 is 2.57 bits per heavy atom. The SMILES string of the molecule is Cc1ccc(C(=O)OCC(=O)Nc2ccc(Br)cc2F)cc1NC(=O)c1ccco1. The molecule has 0 unspecified atom stereocenters. The average Bonchev–Trinajstić information content (AvgIpc) is 3.25. The van der Waals surface area contributed by atoms with Crippen LogP contribution in [0.3, 0.4) is 0 Å². The van der Waals surface area contributed by atoms with Crippen molar-refractivity contribution in [3.05, 3.63) is 82.0 Å². The molecule has 2 N–H and O–H groups in total. The number of furan rings is 1. The van der Waals surface area contributed by atoms with E-state index < -0.39 is 30.2 Å². The first-order valence-electron chi connectivity index (χ1n) is 8.71. The Balaban J connectivity index is 1.61. The molecule has 0 aliphatic heterocycles. The van der Waals surface area contributed by atoms with E-state index in [1.807, 2.05) is 0 Å². The number of halogens is 2. The van der Waals surface area contributed by atoms with Crippen molar-refractivity contribution in [3.63, 3.8) is 0 Å². The molecule has 1 aromatic heterocycles. The van der Waals surface area contributed by atoms with Crippen LogP contribution in [0, 0.1) is 12.7 Å². The number of rotatable bonds is 6. The Hall–Kier alpha value is -3.46. The van der Waals surface area contributed by atoms with Gasteiger partial charge in [0.1, 0.15) is 5.82 Å². The summed E-state index contributed by atoms with van der Waals surface area (Å²) in [6, 6.07) is 11.8. The molecule has 0 radical (unpaired) electrons. The highest BCUT2D eigenvalue weighted by atomic mass is 79.9. The van der Waals surface area contributed by atoms with Crippen LogP contribution < -0.4 is 10.6 Å². The maximum Gasteiger partial charge on any atom is 0.338 e. The first-order chi connectivity index (χ1) is 14.3. The van der Waals surface area contributed by atoms with Crippen LogP contribution in [-0.4, -0.2) is 24.4 Å². The predicted molar refractivity (Wildman–Crippen MR) is 111 cm³/mol. The van der Waals surface area contributed by atoms with Crippen molar-refractivity contribution in [1.82, 2.24) is 0 Å². The number of nitrogens with one attached hydrogen (secondary N) is 2. The molecule has 7 nitrogen and oxygen atoms in total. The van der Waals surface area contributed by atoms with E-state index in [4.69, 9.17) is 9.15 Å². The van der Waals surface area contributed by atoms with E-state index in [1.54, 1.807) is 25.1 Å². The van der Waals surface area contributed by atoms with Crippen molar-refractivity contribution in [2.24, 2.45) is 0 Å². The maximum absolute atomic E-state index is 13.8. The summed E-state index contributed by atoms with van der Waals surface area (Å²) in [6.07, 6.45) is 1.38. The Morgan fingerprint density at radius 2 is 1.87 bits per heavy atom. The summed E-state index contributed by atoms with van der Waals surface area (Å²) in [5.41, 5.74) is 1.22. The Morgan fingerprint density at radius 1 is 1.07 bits per heavy atom. The second kappa shape index (κ2) is 9.36. The van der Waals surface area contributed by atoms with Crippen molar-refractivity contribution < 1.29 is 27.9 Å². The molecule has 0 saturated heterocycles. The summed E-state index contributed by atoms with van der Waals surface area (Å²) in [5, 5.41) is 4.98. The molecule has 0 fully saturated rings. The number of hydrogen-bond donors (Lipinski definition) is 2. The lowest BCUT2D eigenvalue weighted by atomic mass is 10.1. The molecular weight excluding hydrogens is 459 g/mol. The quantitative estimate of drug-likeness (QED) is 0.511. The Kier molecular flexibility index (Phi) is 6.63. The number of amides is 2. The lowest BCUT2D eigenvalue weighted by Crippen LogP contribution is -2.21. The molecule has 30 heavy (non-hydrogen) atoms. The third kappa shape index (κ3) is 5.32. The fraction of sp³-hybridized carbons (Fsp3) is 0.0952. The van der Waals surface area contributed by atoms with E-state index >= 15 is 0 Å². The second-order valence-electron chi connectivity index (χ2n) is 6.21. The summed E-state index contributed by atoms with van der Waals surface area (Å²) in [7, 11) is 0. The van der Waals surface area contributed by atoms with Crippen LogP contribution in [-0.2, 0) is 9.53 Å². The molecule has 0 aliphatic rings. The second-order valence-corrected chi connectivity index (χ2v) is 7.13. The van der Waals surface area contributed by atoms with Crippen molar-refractivity contribution in [3.8, 4) is 0 Å². The van der Waals surface area contributed by atoms with E-state index in [-0.39, 0.29) is 17.0 Å². The molecular formula is C21H16BrFN2O5. The van der Waals surface area contributed by atoms with Crippen LogP contribution in [0.15, 0.2) is 63.7 Å². The monoisotopic (exact) mass is 474 g/mol. The van der Waals surface area contributed by atoms with Crippen LogP contribution in [0.2, 0.25) is 0 Å². The minimum absolute atomic E-state index is 0.0301. The van der Waals surface area contributed by atoms with Crippen LogP contribution in [0.5, 0.6) is 0 Å². The normalized spacial score (nSPS) is 10.4. The highest BCUT2D eigenvalue weighted by molar-refractivity contribution is 9.10. The largest absolute Gasteiger partial charge is 0.459 e. The van der Waals surface area contributed by atoms with Gasteiger partial charge in [0.25, 0.3) is 11.8 Å². The first-order valence-corrected chi connectivity index (χ1v) is 9.50. The number of aryl methyl sites for hydroxylation is 1. The van der Waals surface area contributed by atoms with E-state index in [0.717, 1.165) is 5.56 Å². The highest BCUT2D eigenvalue weighted by Gasteiger charge is 2.15. The number of benzene rings is 2. The summed E-state index contributed by atoms with van der Waals surface area (Å²) in [4.78, 5) is 36.4. The topological polar surface area (TPSA) is 97.6 Å². The Bertz CT molecular complexity index is 1100. The lowest BCUT2D eigenvalue weighted by molar-refractivity contribution is -0.119. The van der Waals surface area contributed by atoms with Crippen molar-refractivity contribution >= 4 is 45.1 Å². The van der Waals surface area contributed by atoms with Gasteiger partial charge in [-0.05, 0) is 55.0 Å². The molecule has 0 atom stereocenters. The Labute approximate surface area is 179 Å². The van der Waals surface area contributed by atoms with E-state index in [9.17, 15) is 18.8 Å². The van der Waals surface area contributed by atoms with Gasteiger partial charge in [0.15, 0.2) is 12.4 Å². The fourth-order valence-electron chi connectivity index (χ4n) is 2.47. The van der Waals surface area contributed by atoms with Gasteiger partial charge in [0.2, 0.25) is 0 Å². The van der Waals surface area contributed by atoms with Crippen molar-refractivity contribution in [2.45, 2.75) is 6.92 Å². The lowest BCUT2D eigenvalue weighted by Gasteiger charge is -2.10. The molecule has 0 spiro atoms. The summed E-state index contributed by atoms with van der Waals surface area (Å²) in [6.45, 7) is 1.16. The van der Waals surface area contributed by atoms with Gasteiger partial charge in [-0.3, -0.25) is 9.59 Å². The number of carbonyl (C=O) groups excluding carboxylic acids is 3. The number of ether oxygens (including phenoxy) is 1. The van der Waals surface area contributed by atoms with Gasteiger partial charge < -0.3 is 19.8 Å². The maximum atomic E-state index is 13.8. The molecule has 2 amide bonds. The van der Waals surface area contributed by atoms with E-state index in [1.165, 1.54) is 36.6 Å². The van der Waals surface area contributed by atoms with Gasteiger partial charge in [-0.1, -0.05) is 22.0 Å². The van der Waals surface area contributed by atoms with Crippen LogP contribution >= 0.6 is 15.9 Å². The molecule has 2 aromatic carbocycles. The standard InChI is InChI=1S/C21H16BrFN2O5/c1-12-4-5-13(9-17(12)25-20(27)18-3-2-8-29-18)21(28)30-11-19(26)24-16-7-6-14(22)10-15(16)23/h2-10H,11H2,1H3,(H,24,26)(H,25,27). The van der Waals surface area contributed by atoms with Gasteiger partial charge in [-0.25, -0.2) is 9.18 Å². The molecule has 0 saturated carbocycles. The van der Waals surface area contributed by atoms with Crippen molar-refractivity contribution in [2.75, 3.05) is 17.2 Å². The summed E-state index contributed by atoms with van der Waals surface area (Å²) < 4.78 is 24.3. The predicted octanol–water partition coefficient (Wildman–Crippen LogP) is 4.54. The zero-order valence-electron chi connectivity index (χ0n) is 15.7. The summed E-state index contributed by atoms with van der Waals surface area (Å²) in [5.74, 6) is -2.43. The van der Waals surface area contributed by atoms with Gasteiger partial charge >= 0.3 is 5.97 Å². The minimum atomic E-state index is -0.769. The van der Waals surface area contributed by atoms with Gasteiger partial charge in [0, 0.05) is 10.2 Å². The van der Waals surface area contributed by atoms with Crippen LogP contribution in [0.25, 0.3) is 0 Å². The van der Waals surface area contributed by atoms with Crippen LogP contribution in [0.4, 0.5) is 15.8 Å². The molecule has 3 aromatic rings. The zero-order valence-corrected chi connectivity index (χ0v) is 17.3. The van der Waals surface area contributed by atoms with Gasteiger partial charge in [-0.15, -0.1) is 0 Å². The smallest absolute Gasteiger partial charge is 0.338 e. The average molecular weight is 475 g/mol. The number of hydrogen-bond acceptors (Lipinski definition) is 5. The minimum Gasteiger partial charge on any atom is -0.459 e. The first kappa shape index (κ1) is 21.3. The van der Waals surface area contributed by atoms with Gasteiger partial charge in [0.05, 0.1) is 17.5 Å². The van der Waals surface area contributed by atoms with Crippen LogP contribution in [0.1, 0.15) is 26.5 Å². The highest BCUT2D eigenvalue weighted by Crippen LogP contribution is 2.20. The number of esters is 1. The fourth-order valence-corrected chi connectivity index (χ4v) is 2.80.